The summed E-state index contributed by atoms with van der Waals surface area (Å²) in [4.78, 5) is 22.6. The lowest BCUT2D eigenvalue weighted by molar-refractivity contribution is -0.152. The van der Waals surface area contributed by atoms with Crippen LogP contribution in [0.5, 0.6) is 0 Å². The number of carbonyl (C=O) groups excluding carboxylic acids is 2. The summed E-state index contributed by atoms with van der Waals surface area (Å²) in [6, 6.07) is 0. The number of esters is 2. The third-order valence-electron chi connectivity index (χ3n) is 1.99. The second kappa shape index (κ2) is 7.91. The average Bonchev–Trinajstić information content (AvgIpc) is 2.25. The van der Waals surface area contributed by atoms with Gasteiger partial charge in [-0.05, 0) is 27.2 Å². The van der Waals surface area contributed by atoms with Gasteiger partial charge >= 0.3 is 11.9 Å². The fourth-order valence-electron chi connectivity index (χ4n) is 1.06. The van der Waals surface area contributed by atoms with Crippen molar-refractivity contribution in [1.29, 1.82) is 0 Å². The van der Waals surface area contributed by atoms with Crippen molar-refractivity contribution in [2.24, 2.45) is 5.92 Å². The van der Waals surface area contributed by atoms with Gasteiger partial charge in [-0.3, -0.25) is 4.79 Å². The quantitative estimate of drug-likeness (QED) is 0.516. The predicted octanol–water partition coefficient (Wildman–Crippen LogP) is 2.09. The van der Waals surface area contributed by atoms with Crippen LogP contribution < -0.4 is 0 Å². The van der Waals surface area contributed by atoms with Crippen molar-refractivity contribution in [3.05, 3.63) is 11.6 Å². The SMILES string of the molecule is CCC=C(C)C(=O)OCC(C)C(=O)OCC. The fourth-order valence-corrected chi connectivity index (χ4v) is 1.06. The lowest BCUT2D eigenvalue weighted by atomic mass is 10.2. The van der Waals surface area contributed by atoms with Gasteiger partial charge in [-0.2, -0.15) is 0 Å². The topological polar surface area (TPSA) is 52.6 Å². The van der Waals surface area contributed by atoms with Gasteiger partial charge in [0, 0.05) is 5.57 Å². The molecular formula is C12H20O4. The van der Waals surface area contributed by atoms with E-state index in [-0.39, 0.29) is 18.5 Å². The molecule has 0 bridgehead atoms. The maximum Gasteiger partial charge on any atom is 0.333 e. The molecule has 0 aliphatic rings. The third-order valence-corrected chi connectivity index (χ3v) is 1.99. The molecule has 16 heavy (non-hydrogen) atoms. The number of allylic oxidation sites excluding steroid dienone is 1. The van der Waals surface area contributed by atoms with Crippen molar-refractivity contribution < 1.29 is 19.1 Å². The van der Waals surface area contributed by atoms with Crippen LogP contribution in [-0.2, 0) is 19.1 Å². The van der Waals surface area contributed by atoms with E-state index in [1.165, 1.54) is 0 Å². The van der Waals surface area contributed by atoms with E-state index in [2.05, 4.69) is 0 Å². The molecule has 0 radical (unpaired) electrons. The van der Waals surface area contributed by atoms with Crippen LogP contribution in [-0.4, -0.2) is 25.2 Å². The zero-order valence-electron chi connectivity index (χ0n) is 10.4. The molecule has 0 aliphatic heterocycles. The Morgan fingerprint density at radius 2 is 1.88 bits per heavy atom. The van der Waals surface area contributed by atoms with Crippen LogP contribution in [0.4, 0.5) is 0 Å². The van der Waals surface area contributed by atoms with Crippen LogP contribution in [0, 0.1) is 5.92 Å². The molecule has 4 nitrogen and oxygen atoms in total. The first-order chi connectivity index (χ1) is 7.52. The summed E-state index contributed by atoms with van der Waals surface area (Å²) in [5.41, 5.74) is 0.568. The van der Waals surface area contributed by atoms with Gasteiger partial charge in [0.05, 0.1) is 12.5 Å². The Bertz CT molecular complexity index is 268. The lowest BCUT2D eigenvalue weighted by Crippen LogP contribution is -2.22. The first-order valence-electron chi connectivity index (χ1n) is 5.53. The Balaban J connectivity index is 4.01. The Morgan fingerprint density at radius 3 is 2.38 bits per heavy atom. The van der Waals surface area contributed by atoms with E-state index in [1.54, 1.807) is 26.8 Å². The van der Waals surface area contributed by atoms with Crippen molar-refractivity contribution in [2.75, 3.05) is 13.2 Å². The summed E-state index contributed by atoms with van der Waals surface area (Å²) in [5.74, 6) is -1.14. The summed E-state index contributed by atoms with van der Waals surface area (Å²) < 4.78 is 9.78. The van der Waals surface area contributed by atoms with Gasteiger partial charge in [-0.15, -0.1) is 0 Å². The zero-order chi connectivity index (χ0) is 12.6. The second-order valence-corrected chi connectivity index (χ2v) is 3.55. The molecule has 0 heterocycles. The van der Waals surface area contributed by atoms with E-state index < -0.39 is 5.92 Å². The second-order valence-electron chi connectivity index (χ2n) is 3.55. The first-order valence-corrected chi connectivity index (χ1v) is 5.53. The van der Waals surface area contributed by atoms with Crippen molar-refractivity contribution in [1.82, 2.24) is 0 Å². The Hall–Kier alpha value is -1.32. The molecule has 0 fully saturated rings. The summed E-state index contributed by atoms with van der Waals surface area (Å²) >= 11 is 0. The summed E-state index contributed by atoms with van der Waals surface area (Å²) in [6.45, 7) is 7.45. The molecule has 0 aromatic rings. The van der Waals surface area contributed by atoms with Crippen molar-refractivity contribution in [2.45, 2.75) is 34.1 Å². The van der Waals surface area contributed by atoms with E-state index in [9.17, 15) is 9.59 Å². The molecule has 0 rings (SSSR count). The standard InChI is InChI=1S/C12H20O4/c1-5-7-9(3)11(13)16-8-10(4)12(14)15-6-2/h7,10H,5-6,8H2,1-4H3. The van der Waals surface area contributed by atoms with Crippen molar-refractivity contribution in [3.63, 3.8) is 0 Å². The van der Waals surface area contributed by atoms with Crippen LogP contribution in [0.2, 0.25) is 0 Å². The van der Waals surface area contributed by atoms with Gasteiger partial charge in [0.1, 0.15) is 6.61 Å². The average molecular weight is 228 g/mol. The Labute approximate surface area is 96.6 Å². The smallest absolute Gasteiger partial charge is 0.333 e. The maximum absolute atomic E-state index is 11.4. The van der Waals surface area contributed by atoms with Crippen LogP contribution in [0.1, 0.15) is 34.1 Å². The molecule has 92 valence electrons. The van der Waals surface area contributed by atoms with E-state index in [0.717, 1.165) is 6.42 Å². The molecule has 0 saturated heterocycles. The molecule has 0 spiro atoms. The molecular weight excluding hydrogens is 208 g/mol. The Kier molecular flexibility index (Phi) is 7.25. The highest BCUT2D eigenvalue weighted by molar-refractivity contribution is 5.87. The number of carbonyl (C=O) groups is 2. The Morgan fingerprint density at radius 1 is 1.25 bits per heavy atom. The van der Waals surface area contributed by atoms with Gasteiger partial charge in [0.15, 0.2) is 0 Å². The van der Waals surface area contributed by atoms with Gasteiger partial charge in [0.2, 0.25) is 0 Å². The number of ether oxygens (including phenoxy) is 2. The minimum atomic E-state index is -0.418. The molecule has 1 unspecified atom stereocenters. The summed E-state index contributed by atoms with van der Waals surface area (Å²) in [6.07, 6.45) is 2.58. The maximum atomic E-state index is 11.4. The molecule has 4 heteroatoms. The molecule has 0 aliphatic carbocycles. The van der Waals surface area contributed by atoms with Crippen LogP contribution in [0.25, 0.3) is 0 Å². The van der Waals surface area contributed by atoms with E-state index in [0.29, 0.717) is 12.2 Å². The van der Waals surface area contributed by atoms with E-state index >= 15 is 0 Å². The highest BCUT2D eigenvalue weighted by atomic mass is 16.5. The van der Waals surface area contributed by atoms with E-state index in [1.807, 2.05) is 6.92 Å². The normalized spacial score (nSPS) is 13.1. The molecule has 0 aromatic carbocycles. The summed E-state index contributed by atoms with van der Waals surface area (Å²) in [5, 5.41) is 0. The first kappa shape index (κ1) is 14.7. The monoisotopic (exact) mass is 228 g/mol. The summed E-state index contributed by atoms with van der Waals surface area (Å²) in [7, 11) is 0. The van der Waals surface area contributed by atoms with E-state index in [4.69, 9.17) is 9.47 Å². The van der Waals surface area contributed by atoms with Gasteiger partial charge in [0.25, 0.3) is 0 Å². The van der Waals surface area contributed by atoms with Gasteiger partial charge in [-0.1, -0.05) is 13.0 Å². The molecule has 0 N–H and O–H groups in total. The molecule has 1 atom stereocenters. The third kappa shape index (κ3) is 5.53. The molecule has 0 amide bonds. The number of hydrogen-bond acceptors (Lipinski definition) is 4. The number of hydrogen-bond donors (Lipinski definition) is 0. The largest absolute Gasteiger partial charge is 0.466 e. The lowest BCUT2D eigenvalue weighted by Gasteiger charge is -2.11. The number of rotatable bonds is 6. The highest BCUT2D eigenvalue weighted by Gasteiger charge is 2.16. The molecule has 0 saturated carbocycles. The predicted molar refractivity (Wildman–Crippen MR) is 60.8 cm³/mol. The van der Waals surface area contributed by atoms with Gasteiger partial charge in [-0.25, -0.2) is 4.79 Å². The van der Waals surface area contributed by atoms with Gasteiger partial charge < -0.3 is 9.47 Å². The van der Waals surface area contributed by atoms with Crippen molar-refractivity contribution >= 4 is 11.9 Å². The highest BCUT2D eigenvalue weighted by Crippen LogP contribution is 2.04. The van der Waals surface area contributed by atoms with Crippen LogP contribution in [0.3, 0.4) is 0 Å². The minimum Gasteiger partial charge on any atom is -0.466 e. The fraction of sp³-hybridized carbons (Fsp3) is 0.667. The zero-order valence-corrected chi connectivity index (χ0v) is 10.4. The van der Waals surface area contributed by atoms with Crippen molar-refractivity contribution in [3.8, 4) is 0 Å². The minimum absolute atomic E-state index is 0.0621. The molecule has 0 aromatic heterocycles. The van der Waals surface area contributed by atoms with Crippen LogP contribution in [0.15, 0.2) is 11.6 Å². The van der Waals surface area contributed by atoms with Crippen LogP contribution >= 0.6 is 0 Å².